The second kappa shape index (κ2) is 5.66. The van der Waals surface area contributed by atoms with Crippen molar-refractivity contribution >= 4 is 17.4 Å². The molecule has 0 aromatic carbocycles. The van der Waals surface area contributed by atoms with Gasteiger partial charge < -0.3 is 4.90 Å². The number of halogens is 1. The molecule has 0 atom stereocenters. The Morgan fingerprint density at radius 2 is 1.79 bits per heavy atom. The fourth-order valence-corrected chi connectivity index (χ4v) is 3.75. The lowest BCUT2D eigenvalue weighted by Crippen LogP contribution is -2.41. The SMILES string of the molecule is ClCc1cncc(N2CCC3(CCCCC3)CC2)n1. The summed E-state index contributed by atoms with van der Waals surface area (Å²) in [6.07, 6.45) is 13.4. The average molecular weight is 280 g/mol. The summed E-state index contributed by atoms with van der Waals surface area (Å²) in [6.45, 7) is 2.25. The minimum Gasteiger partial charge on any atom is -0.355 e. The van der Waals surface area contributed by atoms with Crippen molar-refractivity contribution in [2.75, 3.05) is 18.0 Å². The van der Waals surface area contributed by atoms with Crippen LogP contribution in [0.3, 0.4) is 0 Å². The summed E-state index contributed by atoms with van der Waals surface area (Å²) in [7, 11) is 0. The highest BCUT2D eigenvalue weighted by Crippen LogP contribution is 2.44. The summed E-state index contributed by atoms with van der Waals surface area (Å²) >= 11 is 5.83. The second-order valence-electron chi connectivity index (χ2n) is 6.05. The van der Waals surface area contributed by atoms with Crippen LogP contribution in [0.4, 0.5) is 5.82 Å². The maximum Gasteiger partial charge on any atom is 0.147 e. The van der Waals surface area contributed by atoms with Gasteiger partial charge >= 0.3 is 0 Å². The van der Waals surface area contributed by atoms with Crippen LogP contribution in [0, 0.1) is 5.41 Å². The van der Waals surface area contributed by atoms with Crippen molar-refractivity contribution in [3.05, 3.63) is 18.1 Å². The summed E-state index contributed by atoms with van der Waals surface area (Å²) in [4.78, 5) is 11.2. The first-order valence-electron chi connectivity index (χ1n) is 7.43. The van der Waals surface area contributed by atoms with E-state index in [2.05, 4.69) is 14.9 Å². The Labute approximate surface area is 120 Å². The Hall–Kier alpha value is -0.830. The van der Waals surface area contributed by atoms with E-state index in [9.17, 15) is 0 Å². The predicted molar refractivity (Wildman–Crippen MR) is 78.6 cm³/mol. The topological polar surface area (TPSA) is 29.0 Å². The molecule has 1 saturated heterocycles. The lowest BCUT2D eigenvalue weighted by atomic mass is 9.68. The van der Waals surface area contributed by atoms with Gasteiger partial charge in [-0.3, -0.25) is 4.98 Å². The van der Waals surface area contributed by atoms with Crippen molar-refractivity contribution in [3.63, 3.8) is 0 Å². The zero-order valence-corrected chi connectivity index (χ0v) is 12.2. The number of nitrogens with zero attached hydrogens (tertiary/aromatic N) is 3. The van der Waals surface area contributed by atoms with Gasteiger partial charge in [-0.25, -0.2) is 4.98 Å². The monoisotopic (exact) mass is 279 g/mol. The molecule has 0 bridgehead atoms. The van der Waals surface area contributed by atoms with Gasteiger partial charge in [-0.05, 0) is 31.1 Å². The second-order valence-corrected chi connectivity index (χ2v) is 6.32. The summed E-state index contributed by atoms with van der Waals surface area (Å²) < 4.78 is 0. The maximum absolute atomic E-state index is 5.83. The van der Waals surface area contributed by atoms with Crippen LogP contribution >= 0.6 is 11.6 Å². The van der Waals surface area contributed by atoms with Crippen LogP contribution in [0.5, 0.6) is 0 Å². The van der Waals surface area contributed by atoms with Crippen LogP contribution in [-0.4, -0.2) is 23.1 Å². The van der Waals surface area contributed by atoms with E-state index in [-0.39, 0.29) is 0 Å². The van der Waals surface area contributed by atoms with E-state index in [0.29, 0.717) is 11.3 Å². The van der Waals surface area contributed by atoms with Crippen LogP contribution < -0.4 is 4.90 Å². The van der Waals surface area contributed by atoms with Crippen molar-refractivity contribution in [3.8, 4) is 0 Å². The molecule has 0 N–H and O–H groups in total. The molecule has 4 heteroatoms. The Balaban J connectivity index is 1.65. The Bertz CT molecular complexity index is 419. The normalized spacial score (nSPS) is 22.7. The van der Waals surface area contributed by atoms with E-state index in [1.807, 2.05) is 6.20 Å². The average Bonchev–Trinajstić information content (AvgIpc) is 2.49. The third-order valence-electron chi connectivity index (χ3n) is 4.87. The molecule has 104 valence electrons. The number of piperidine rings is 1. The molecule has 19 heavy (non-hydrogen) atoms. The van der Waals surface area contributed by atoms with Gasteiger partial charge in [0.05, 0.1) is 17.8 Å². The predicted octanol–water partition coefficient (Wildman–Crippen LogP) is 3.77. The van der Waals surface area contributed by atoms with Crippen molar-refractivity contribution in [1.29, 1.82) is 0 Å². The smallest absolute Gasteiger partial charge is 0.147 e. The number of anilines is 1. The Kier molecular flexibility index (Phi) is 3.92. The standard InChI is InChI=1S/C15H22ClN3/c16-10-13-11-17-12-14(18-13)19-8-6-15(7-9-19)4-2-1-3-5-15/h11-12H,1-10H2. The lowest BCUT2D eigenvalue weighted by Gasteiger charge is -2.44. The molecule has 2 fully saturated rings. The van der Waals surface area contributed by atoms with Gasteiger partial charge in [0.1, 0.15) is 5.82 Å². The minimum atomic E-state index is 0.443. The quantitative estimate of drug-likeness (QED) is 0.772. The Morgan fingerprint density at radius 1 is 1.05 bits per heavy atom. The number of hydrogen-bond donors (Lipinski definition) is 0. The molecule has 1 aliphatic carbocycles. The molecule has 1 aromatic rings. The van der Waals surface area contributed by atoms with E-state index in [4.69, 9.17) is 11.6 Å². The van der Waals surface area contributed by atoms with Crippen molar-refractivity contribution < 1.29 is 0 Å². The minimum absolute atomic E-state index is 0.443. The Morgan fingerprint density at radius 3 is 2.47 bits per heavy atom. The molecule has 2 heterocycles. The number of aromatic nitrogens is 2. The molecule has 0 unspecified atom stereocenters. The first kappa shape index (κ1) is 13.2. The van der Waals surface area contributed by atoms with Crippen LogP contribution in [0.25, 0.3) is 0 Å². The molecule has 3 nitrogen and oxygen atoms in total. The van der Waals surface area contributed by atoms with E-state index < -0.39 is 0 Å². The van der Waals surface area contributed by atoms with Crippen molar-refractivity contribution in [2.45, 2.75) is 50.8 Å². The highest BCUT2D eigenvalue weighted by atomic mass is 35.5. The number of hydrogen-bond acceptors (Lipinski definition) is 3. The molecule has 1 aromatic heterocycles. The summed E-state index contributed by atoms with van der Waals surface area (Å²) in [6, 6.07) is 0. The first-order chi connectivity index (χ1) is 9.31. The lowest BCUT2D eigenvalue weighted by molar-refractivity contribution is 0.144. The highest BCUT2D eigenvalue weighted by Gasteiger charge is 2.35. The van der Waals surface area contributed by atoms with Crippen LogP contribution in [-0.2, 0) is 5.88 Å². The fraction of sp³-hybridized carbons (Fsp3) is 0.733. The number of rotatable bonds is 2. The molecule has 1 saturated carbocycles. The highest BCUT2D eigenvalue weighted by molar-refractivity contribution is 6.16. The van der Waals surface area contributed by atoms with E-state index in [1.165, 1.54) is 44.9 Å². The van der Waals surface area contributed by atoms with E-state index in [0.717, 1.165) is 24.6 Å². The third-order valence-corrected chi connectivity index (χ3v) is 5.14. The molecule has 2 aliphatic rings. The molecule has 0 amide bonds. The van der Waals surface area contributed by atoms with Crippen molar-refractivity contribution in [2.24, 2.45) is 5.41 Å². The van der Waals surface area contributed by atoms with Gasteiger partial charge in [0.2, 0.25) is 0 Å². The summed E-state index contributed by atoms with van der Waals surface area (Å²) in [5.74, 6) is 1.45. The summed E-state index contributed by atoms with van der Waals surface area (Å²) in [5.41, 5.74) is 1.52. The van der Waals surface area contributed by atoms with Gasteiger partial charge in [-0.2, -0.15) is 0 Å². The van der Waals surface area contributed by atoms with Gasteiger partial charge in [0.25, 0.3) is 0 Å². The zero-order valence-electron chi connectivity index (χ0n) is 11.4. The van der Waals surface area contributed by atoms with Gasteiger partial charge in [-0.1, -0.05) is 19.3 Å². The molecular weight excluding hydrogens is 258 g/mol. The molecule has 3 rings (SSSR count). The van der Waals surface area contributed by atoms with Gasteiger partial charge in [0.15, 0.2) is 0 Å². The molecule has 0 radical (unpaired) electrons. The van der Waals surface area contributed by atoms with E-state index >= 15 is 0 Å². The van der Waals surface area contributed by atoms with Crippen LogP contribution in [0.1, 0.15) is 50.6 Å². The van der Waals surface area contributed by atoms with Crippen molar-refractivity contribution in [1.82, 2.24) is 9.97 Å². The summed E-state index contributed by atoms with van der Waals surface area (Å²) in [5, 5.41) is 0. The zero-order chi connectivity index (χ0) is 13.1. The molecule has 1 aliphatic heterocycles. The van der Waals surface area contributed by atoms with Gasteiger partial charge in [-0.15, -0.1) is 11.6 Å². The molecular formula is C15H22ClN3. The fourth-order valence-electron chi connectivity index (χ4n) is 3.62. The largest absolute Gasteiger partial charge is 0.355 e. The van der Waals surface area contributed by atoms with Crippen LogP contribution in [0.2, 0.25) is 0 Å². The first-order valence-corrected chi connectivity index (χ1v) is 7.97. The van der Waals surface area contributed by atoms with Crippen LogP contribution in [0.15, 0.2) is 12.4 Å². The third kappa shape index (κ3) is 2.86. The maximum atomic E-state index is 5.83. The molecule has 1 spiro atoms. The van der Waals surface area contributed by atoms with E-state index in [1.54, 1.807) is 6.20 Å². The number of alkyl halides is 1. The van der Waals surface area contributed by atoms with Gasteiger partial charge in [0, 0.05) is 19.3 Å².